The Labute approximate surface area is 107 Å². The molecule has 1 aliphatic rings. The van der Waals surface area contributed by atoms with Gasteiger partial charge in [-0.3, -0.25) is 9.69 Å². The van der Waals surface area contributed by atoms with Crippen LogP contribution in [0.1, 0.15) is 28.8 Å². The van der Waals surface area contributed by atoms with Gasteiger partial charge in [0.05, 0.1) is 0 Å². The Morgan fingerprint density at radius 3 is 2.94 bits per heavy atom. The van der Waals surface area contributed by atoms with Gasteiger partial charge >= 0.3 is 0 Å². The Hall–Kier alpha value is -1.39. The van der Waals surface area contributed by atoms with Gasteiger partial charge in [-0.2, -0.15) is 0 Å². The second kappa shape index (κ2) is 5.98. The van der Waals surface area contributed by atoms with Gasteiger partial charge in [0.1, 0.15) is 0 Å². The van der Waals surface area contributed by atoms with Crippen LogP contribution in [0.3, 0.4) is 0 Å². The maximum atomic E-state index is 11.3. The first kappa shape index (κ1) is 13.1. The summed E-state index contributed by atoms with van der Waals surface area (Å²) >= 11 is 0. The molecule has 1 aromatic carbocycles. The molecule has 1 unspecified atom stereocenters. The van der Waals surface area contributed by atoms with E-state index in [1.807, 2.05) is 18.2 Å². The van der Waals surface area contributed by atoms with E-state index >= 15 is 0 Å². The van der Waals surface area contributed by atoms with Gasteiger partial charge < -0.3 is 10.8 Å². The first-order valence-corrected chi connectivity index (χ1v) is 6.41. The van der Waals surface area contributed by atoms with Crippen LogP contribution in [-0.4, -0.2) is 35.6 Å². The lowest BCUT2D eigenvalue weighted by Gasteiger charge is -2.17. The minimum atomic E-state index is -0.364. The number of carbonyl (C=O) groups is 1. The SMILES string of the molecule is NC(=O)c1ccccc1CN1CCC(CCO)C1. The van der Waals surface area contributed by atoms with Gasteiger partial charge in [0, 0.05) is 25.3 Å². The van der Waals surface area contributed by atoms with E-state index < -0.39 is 0 Å². The van der Waals surface area contributed by atoms with Crippen LogP contribution in [0.5, 0.6) is 0 Å². The van der Waals surface area contributed by atoms with Crippen molar-refractivity contribution in [3.63, 3.8) is 0 Å². The van der Waals surface area contributed by atoms with Crippen LogP contribution < -0.4 is 5.73 Å². The summed E-state index contributed by atoms with van der Waals surface area (Å²) < 4.78 is 0. The Bertz CT molecular complexity index is 420. The van der Waals surface area contributed by atoms with Crippen molar-refractivity contribution in [2.45, 2.75) is 19.4 Å². The number of hydrogen-bond donors (Lipinski definition) is 2. The Morgan fingerprint density at radius 2 is 2.22 bits per heavy atom. The molecule has 4 nitrogen and oxygen atoms in total. The number of primary amides is 1. The molecule has 0 radical (unpaired) electrons. The van der Waals surface area contributed by atoms with E-state index in [1.165, 1.54) is 0 Å². The molecule has 0 spiro atoms. The second-order valence-corrected chi connectivity index (χ2v) is 4.92. The second-order valence-electron chi connectivity index (χ2n) is 4.92. The number of nitrogens with zero attached hydrogens (tertiary/aromatic N) is 1. The number of likely N-dealkylation sites (tertiary alicyclic amines) is 1. The molecule has 4 heteroatoms. The number of hydrogen-bond acceptors (Lipinski definition) is 3. The van der Waals surface area contributed by atoms with Crippen molar-refractivity contribution in [2.75, 3.05) is 19.7 Å². The molecular weight excluding hydrogens is 228 g/mol. The fourth-order valence-electron chi connectivity index (χ4n) is 2.61. The third kappa shape index (κ3) is 3.09. The van der Waals surface area contributed by atoms with E-state index in [-0.39, 0.29) is 12.5 Å². The molecule has 3 N–H and O–H groups in total. The fourth-order valence-corrected chi connectivity index (χ4v) is 2.61. The monoisotopic (exact) mass is 248 g/mol. The first-order chi connectivity index (χ1) is 8.70. The number of rotatable bonds is 5. The summed E-state index contributed by atoms with van der Waals surface area (Å²) in [6.45, 7) is 3.04. The highest BCUT2D eigenvalue weighted by Gasteiger charge is 2.22. The molecule has 1 fully saturated rings. The van der Waals surface area contributed by atoms with Crippen molar-refractivity contribution in [3.8, 4) is 0 Å². The molecule has 0 saturated carbocycles. The van der Waals surface area contributed by atoms with Crippen molar-refractivity contribution >= 4 is 5.91 Å². The molecule has 1 atom stereocenters. The zero-order valence-electron chi connectivity index (χ0n) is 10.5. The molecule has 1 saturated heterocycles. The molecule has 18 heavy (non-hydrogen) atoms. The summed E-state index contributed by atoms with van der Waals surface area (Å²) in [6.07, 6.45) is 1.99. The molecule has 98 valence electrons. The lowest BCUT2D eigenvalue weighted by molar-refractivity contribution is 0.0998. The third-order valence-electron chi connectivity index (χ3n) is 3.58. The standard InChI is InChI=1S/C14H20N2O2/c15-14(18)13-4-2-1-3-12(13)10-16-7-5-11(9-16)6-8-17/h1-4,11,17H,5-10H2,(H2,15,18). The van der Waals surface area contributed by atoms with Crippen LogP contribution >= 0.6 is 0 Å². The predicted octanol–water partition coefficient (Wildman–Crippen LogP) is 0.990. The van der Waals surface area contributed by atoms with E-state index in [2.05, 4.69) is 4.90 Å². The molecular formula is C14H20N2O2. The van der Waals surface area contributed by atoms with E-state index in [1.54, 1.807) is 6.07 Å². The summed E-state index contributed by atoms with van der Waals surface area (Å²) in [5.41, 5.74) is 6.98. The number of amides is 1. The largest absolute Gasteiger partial charge is 0.396 e. The van der Waals surface area contributed by atoms with Gasteiger partial charge in [-0.05, 0) is 36.9 Å². The summed E-state index contributed by atoms with van der Waals surface area (Å²) in [4.78, 5) is 13.7. The number of aliphatic hydroxyl groups excluding tert-OH is 1. The van der Waals surface area contributed by atoms with Crippen LogP contribution in [0.4, 0.5) is 0 Å². The van der Waals surface area contributed by atoms with Gasteiger partial charge in [-0.1, -0.05) is 18.2 Å². The Balaban J connectivity index is 2.00. The van der Waals surface area contributed by atoms with Gasteiger partial charge in [0.15, 0.2) is 0 Å². The Morgan fingerprint density at radius 1 is 1.44 bits per heavy atom. The molecule has 1 aromatic rings. The first-order valence-electron chi connectivity index (χ1n) is 6.41. The van der Waals surface area contributed by atoms with Crippen molar-refractivity contribution in [3.05, 3.63) is 35.4 Å². The van der Waals surface area contributed by atoms with Crippen LogP contribution in [0.2, 0.25) is 0 Å². The summed E-state index contributed by atoms with van der Waals surface area (Å²) in [5.74, 6) is 0.215. The maximum Gasteiger partial charge on any atom is 0.249 e. The Kier molecular flexibility index (Phi) is 4.33. The lowest BCUT2D eigenvalue weighted by Crippen LogP contribution is -2.23. The quantitative estimate of drug-likeness (QED) is 0.816. The van der Waals surface area contributed by atoms with Crippen LogP contribution in [0.15, 0.2) is 24.3 Å². The van der Waals surface area contributed by atoms with Crippen LogP contribution in [0, 0.1) is 5.92 Å². The van der Waals surface area contributed by atoms with Gasteiger partial charge in [-0.25, -0.2) is 0 Å². The van der Waals surface area contributed by atoms with Crippen LogP contribution in [0.25, 0.3) is 0 Å². The van der Waals surface area contributed by atoms with Crippen LogP contribution in [-0.2, 0) is 6.54 Å². The number of carbonyl (C=O) groups excluding carboxylic acids is 1. The zero-order valence-corrected chi connectivity index (χ0v) is 10.5. The van der Waals surface area contributed by atoms with Gasteiger partial charge in [0.25, 0.3) is 0 Å². The zero-order chi connectivity index (χ0) is 13.0. The molecule has 0 aromatic heterocycles. The number of aliphatic hydroxyl groups is 1. The minimum absolute atomic E-state index is 0.260. The smallest absolute Gasteiger partial charge is 0.249 e. The van der Waals surface area contributed by atoms with Crippen molar-refractivity contribution in [1.29, 1.82) is 0 Å². The van der Waals surface area contributed by atoms with E-state index in [0.717, 1.165) is 38.0 Å². The molecule has 0 bridgehead atoms. The van der Waals surface area contributed by atoms with Gasteiger partial charge in [0.2, 0.25) is 5.91 Å². The lowest BCUT2D eigenvalue weighted by atomic mass is 10.1. The topological polar surface area (TPSA) is 66.6 Å². The molecule has 1 amide bonds. The highest BCUT2D eigenvalue weighted by Crippen LogP contribution is 2.22. The summed E-state index contributed by atoms with van der Waals surface area (Å²) in [5, 5.41) is 8.94. The maximum absolute atomic E-state index is 11.3. The number of benzene rings is 1. The third-order valence-corrected chi connectivity index (χ3v) is 3.58. The minimum Gasteiger partial charge on any atom is -0.396 e. The highest BCUT2D eigenvalue weighted by atomic mass is 16.3. The molecule has 0 aliphatic carbocycles. The average Bonchev–Trinajstić information content (AvgIpc) is 2.77. The average molecular weight is 248 g/mol. The number of nitrogens with two attached hydrogens (primary N) is 1. The summed E-state index contributed by atoms with van der Waals surface area (Å²) in [7, 11) is 0. The highest BCUT2D eigenvalue weighted by molar-refractivity contribution is 5.94. The van der Waals surface area contributed by atoms with E-state index in [4.69, 9.17) is 10.8 Å². The van der Waals surface area contributed by atoms with E-state index in [9.17, 15) is 4.79 Å². The molecule has 1 heterocycles. The normalized spacial score (nSPS) is 20.2. The summed E-state index contributed by atoms with van der Waals surface area (Å²) in [6, 6.07) is 7.50. The van der Waals surface area contributed by atoms with Crippen molar-refractivity contribution in [1.82, 2.24) is 4.90 Å². The van der Waals surface area contributed by atoms with Gasteiger partial charge in [-0.15, -0.1) is 0 Å². The van der Waals surface area contributed by atoms with Crippen molar-refractivity contribution in [2.24, 2.45) is 11.7 Å². The molecule has 2 rings (SSSR count). The van der Waals surface area contributed by atoms with Crippen molar-refractivity contribution < 1.29 is 9.90 Å². The van der Waals surface area contributed by atoms with E-state index in [0.29, 0.717) is 11.5 Å². The predicted molar refractivity (Wildman–Crippen MR) is 70.0 cm³/mol. The fraction of sp³-hybridized carbons (Fsp3) is 0.500. The molecule has 1 aliphatic heterocycles.